The smallest absolute Gasteiger partial charge is 0.234 e. The molecule has 1 heterocycles. The van der Waals surface area contributed by atoms with Crippen LogP contribution in [-0.2, 0) is 4.79 Å². The number of pyridine rings is 1. The molecule has 5 nitrogen and oxygen atoms in total. The number of nitriles is 1. The second-order valence-electron chi connectivity index (χ2n) is 7.83. The number of benzene rings is 3. The van der Waals surface area contributed by atoms with E-state index in [0.717, 1.165) is 22.4 Å². The maximum absolute atomic E-state index is 12.8. The van der Waals surface area contributed by atoms with Gasteiger partial charge in [-0.2, -0.15) is 5.26 Å². The summed E-state index contributed by atoms with van der Waals surface area (Å²) in [6.45, 7) is 1.84. The zero-order valence-corrected chi connectivity index (χ0v) is 21.8. The van der Waals surface area contributed by atoms with Crippen LogP contribution in [-0.4, -0.2) is 23.8 Å². The van der Waals surface area contributed by atoms with Gasteiger partial charge in [-0.1, -0.05) is 53.2 Å². The fraction of sp³-hybridized carbons (Fsp3) is 0.107. The lowest BCUT2D eigenvalue weighted by Gasteiger charge is -2.13. The van der Waals surface area contributed by atoms with Crippen LogP contribution in [0, 0.1) is 18.3 Å². The van der Waals surface area contributed by atoms with E-state index in [1.54, 1.807) is 37.4 Å². The summed E-state index contributed by atoms with van der Waals surface area (Å²) in [6, 6.07) is 24.3. The van der Waals surface area contributed by atoms with Crippen LogP contribution >= 0.6 is 35.0 Å². The average Bonchev–Trinajstić information content (AvgIpc) is 2.90. The molecular formula is C28H21Cl2N3O2S. The Balaban J connectivity index is 1.70. The number of nitrogens with zero attached hydrogens (tertiary/aromatic N) is 2. The third-order valence-electron chi connectivity index (χ3n) is 5.52. The normalized spacial score (nSPS) is 10.5. The molecule has 0 saturated heterocycles. The van der Waals surface area contributed by atoms with Crippen molar-refractivity contribution in [1.82, 2.24) is 4.98 Å². The maximum Gasteiger partial charge on any atom is 0.234 e. The van der Waals surface area contributed by atoms with Crippen LogP contribution in [0.5, 0.6) is 5.75 Å². The van der Waals surface area contributed by atoms with Gasteiger partial charge in [0.2, 0.25) is 5.91 Å². The van der Waals surface area contributed by atoms with Gasteiger partial charge in [-0.3, -0.25) is 4.79 Å². The maximum atomic E-state index is 12.8. The lowest BCUT2D eigenvalue weighted by atomic mass is 9.99. The number of hydrogen-bond acceptors (Lipinski definition) is 5. The number of halogens is 2. The number of carbonyl (C=O) groups excluding carboxylic acids is 1. The second kappa shape index (κ2) is 11.5. The molecule has 0 spiro atoms. The molecule has 0 aliphatic carbocycles. The molecule has 1 N–H and O–H groups in total. The Kier molecular flexibility index (Phi) is 8.17. The van der Waals surface area contributed by atoms with Gasteiger partial charge in [0.1, 0.15) is 16.8 Å². The number of methoxy groups -OCH3 is 1. The van der Waals surface area contributed by atoms with Crippen molar-refractivity contribution in [2.75, 3.05) is 18.2 Å². The fourth-order valence-corrected chi connectivity index (χ4v) is 4.67. The van der Waals surface area contributed by atoms with Gasteiger partial charge in [0.25, 0.3) is 0 Å². The highest BCUT2D eigenvalue weighted by Gasteiger charge is 2.18. The topological polar surface area (TPSA) is 75.0 Å². The highest BCUT2D eigenvalue weighted by atomic mass is 35.5. The van der Waals surface area contributed by atoms with E-state index < -0.39 is 0 Å². The number of amides is 1. The molecule has 8 heteroatoms. The second-order valence-corrected chi connectivity index (χ2v) is 9.64. The van der Waals surface area contributed by atoms with E-state index in [9.17, 15) is 10.1 Å². The lowest BCUT2D eigenvalue weighted by molar-refractivity contribution is -0.113. The molecule has 180 valence electrons. The SMILES string of the molecule is COc1ccc(-c2cc(-c3ccc(Cl)cc3)c(C#N)c(SCC(=O)Nc3cccc(Cl)c3C)n2)cc1. The Bertz CT molecular complexity index is 1450. The largest absolute Gasteiger partial charge is 0.497 e. The first-order chi connectivity index (χ1) is 17.4. The Morgan fingerprint density at radius 2 is 1.75 bits per heavy atom. The number of anilines is 1. The molecule has 0 aliphatic rings. The van der Waals surface area contributed by atoms with Crippen LogP contribution in [0.2, 0.25) is 10.0 Å². The van der Waals surface area contributed by atoms with Crippen molar-refractivity contribution in [1.29, 1.82) is 5.26 Å². The number of ether oxygens (including phenoxy) is 1. The number of hydrogen-bond donors (Lipinski definition) is 1. The molecule has 0 unspecified atom stereocenters. The molecule has 0 atom stereocenters. The van der Waals surface area contributed by atoms with Crippen LogP contribution < -0.4 is 10.1 Å². The monoisotopic (exact) mass is 533 g/mol. The summed E-state index contributed by atoms with van der Waals surface area (Å²) in [6.07, 6.45) is 0. The summed E-state index contributed by atoms with van der Waals surface area (Å²) in [7, 11) is 1.61. The van der Waals surface area contributed by atoms with Crippen LogP contribution in [0.4, 0.5) is 5.69 Å². The molecule has 0 fully saturated rings. The van der Waals surface area contributed by atoms with Crippen LogP contribution in [0.1, 0.15) is 11.1 Å². The summed E-state index contributed by atoms with van der Waals surface area (Å²) in [5, 5.41) is 14.6. The molecule has 36 heavy (non-hydrogen) atoms. The van der Waals surface area contributed by atoms with E-state index in [0.29, 0.717) is 37.6 Å². The molecule has 0 bridgehead atoms. The molecule has 4 rings (SSSR count). The zero-order chi connectivity index (χ0) is 25.7. The first-order valence-corrected chi connectivity index (χ1v) is 12.7. The first-order valence-electron chi connectivity index (χ1n) is 10.9. The van der Waals surface area contributed by atoms with Gasteiger partial charge in [-0.15, -0.1) is 0 Å². The molecule has 1 amide bonds. The van der Waals surface area contributed by atoms with Crippen LogP contribution in [0.15, 0.2) is 77.8 Å². The van der Waals surface area contributed by atoms with Gasteiger partial charge < -0.3 is 10.1 Å². The Hall–Kier alpha value is -3.50. The van der Waals surface area contributed by atoms with Crippen molar-refractivity contribution in [2.24, 2.45) is 0 Å². The minimum absolute atomic E-state index is 0.0692. The molecule has 0 saturated carbocycles. The summed E-state index contributed by atoms with van der Waals surface area (Å²) >= 11 is 13.5. The van der Waals surface area contributed by atoms with Crippen molar-refractivity contribution >= 4 is 46.6 Å². The summed E-state index contributed by atoms with van der Waals surface area (Å²) < 4.78 is 5.27. The summed E-state index contributed by atoms with van der Waals surface area (Å²) in [5.41, 5.74) is 4.91. The zero-order valence-electron chi connectivity index (χ0n) is 19.5. The van der Waals surface area contributed by atoms with Gasteiger partial charge in [-0.05, 0) is 72.6 Å². The minimum Gasteiger partial charge on any atom is -0.497 e. The molecular weight excluding hydrogens is 513 g/mol. The predicted molar refractivity (Wildman–Crippen MR) is 147 cm³/mol. The molecule has 0 radical (unpaired) electrons. The number of thioether (sulfide) groups is 1. The third kappa shape index (κ3) is 5.83. The van der Waals surface area contributed by atoms with Gasteiger partial charge in [0.15, 0.2) is 0 Å². The van der Waals surface area contributed by atoms with Crippen molar-refractivity contribution in [3.05, 3.63) is 94.0 Å². The highest BCUT2D eigenvalue weighted by molar-refractivity contribution is 8.00. The van der Waals surface area contributed by atoms with E-state index in [1.165, 1.54) is 11.8 Å². The quantitative estimate of drug-likeness (QED) is 0.247. The van der Waals surface area contributed by atoms with E-state index >= 15 is 0 Å². The third-order valence-corrected chi connectivity index (χ3v) is 7.16. The Morgan fingerprint density at radius 1 is 1.06 bits per heavy atom. The van der Waals surface area contributed by atoms with E-state index in [4.69, 9.17) is 32.9 Å². The number of rotatable bonds is 7. The average molecular weight is 534 g/mol. The van der Waals surface area contributed by atoms with Crippen LogP contribution in [0.25, 0.3) is 22.4 Å². The molecule has 1 aromatic heterocycles. The Labute approximate surface area is 224 Å². The fourth-order valence-electron chi connectivity index (χ4n) is 3.56. The van der Waals surface area contributed by atoms with Gasteiger partial charge in [-0.25, -0.2) is 4.98 Å². The number of aromatic nitrogens is 1. The molecule has 0 aliphatic heterocycles. The van der Waals surface area contributed by atoms with Gasteiger partial charge >= 0.3 is 0 Å². The van der Waals surface area contributed by atoms with Crippen molar-refractivity contribution in [3.8, 4) is 34.2 Å². The highest BCUT2D eigenvalue weighted by Crippen LogP contribution is 2.35. The molecule has 3 aromatic carbocycles. The van der Waals surface area contributed by atoms with E-state index in [2.05, 4.69) is 11.4 Å². The Morgan fingerprint density at radius 3 is 2.42 bits per heavy atom. The van der Waals surface area contributed by atoms with Gasteiger partial charge in [0.05, 0.1) is 24.1 Å². The number of nitrogens with one attached hydrogen (secondary N) is 1. The predicted octanol–water partition coefficient (Wildman–Crippen LogP) is 7.64. The minimum atomic E-state index is -0.223. The van der Waals surface area contributed by atoms with Crippen LogP contribution in [0.3, 0.4) is 0 Å². The lowest BCUT2D eigenvalue weighted by Crippen LogP contribution is -2.15. The summed E-state index contributed by atoms with van der Waals surface area (Å²) in [4.78, 5) is 17.5. The van der Waals surface area contributed by atoms with Gasteiger partial charge in [0, 0.05) is 26.9 Å². The molecule has 4 aromatic rings. The van der Waals surface area contributed by atoms with E-state index in [1.807, 2.05) is 49.4 Å². The summed E-state index contributed by atoms with van der Waals surface area (Å²) in [5.74, 6) is 0.576. The van der Waals surface area contributed by atoms with Crippen molar-refractivity contribution < 1.29 is 9.53 Å². The van der Waals surface area contributed by atoms with E-state index in [-0.39, 0.29) is 11.7 Å². The van der Waals surface area contributed by atoms with Crippen molar-refractivity contribution in [2.45, 2.75) is 11.9 Å². The standard InChI is InChI=1S/C28H21Cl2N3O2S/c1-17-24(30)4-3-5-25(17)32-27(34)16-36-28-23(15-31)22(18-6-10-20(29)11-7-18)14-26(33-28)19-8-12-21(35-2)13-9-19/h3-14H,16H2,1-2H3,(H,32,34). The van der Waals surface area contributed by atoms with Crippen molar-refractivity contribution in [3.63, 3.8) is 0 Å². The first kappa shape index (κ1) is 25.6. The number of carbonyl (C=O) groups is 1.